The van der Waals surface area contributed by atoms with Gasteiger partial charge < -0.3 is 4.90 Å². The molecule has 0 N–H and O–H groups in total. The first-order valence-corrected chi connectivity index (χ1v) is 6.24. The summed E-state index contributed by atoms with van der Waals surface area (Å²) in [6.45, 7) is 2.08. The summed E-state index contributed by atoms with van der Waals surface area (Å²) in [7, 11) is 0. The first kappa shape index (κ1) is 10.3. The Hall–Kier alpha value is -0.210. The standard InChI is InChI=1S/C11H13BrClN/c12-10-4-1-5-11-9(10)3-2-7-14(11)8-6-13/h1,4-5H,2-3,6-8H2. The van der Waals surface area contributed by atoms with Crippen LogP contribution in [0.15, 0.2) is 22.7 Å². The van der Waals surface area contributed by atoms with Crippen molar-refractivity contribution in [1.29, 1.82) is 0 Å². The van der Waals surface area contributed by atoms with Crippen molar-refractivity contribution < 1.29 is 0 Å². The number of fused-ring (bicyclic) bond motifs is 1. The second kappa shape index (κ2) is 4.54. The minimum absolute atomic E-state index is 0.700. The molecule has 0 aromatic heterocycles. The van der Waals surface area contributed by atoms with Crippen molar-refractivity contribution in [1.82, 2.24) is 0 Å². The molecule has 1 aliphatic heterocycles. The van der Waals surface area contributed by atoms with Crippen molar-refractivity contribution in [3.63, 3.8) is 0 Å². The molecular weight excluding hydrogens is 261 g/mol. The molecule has 0 spiro atoms. The number of anilines is 1. The zero-order chi connectivity index (χ0) is 9.97. The minimum Gasteiger partial charge on any atom is -0.370 e. The molecule has 1 aromatic carbocycles. The Kier molecular flexibility index (Phi) is 3.34. The predicted molar refractivity (Wildman–Crippen MR) is 65.4 cm³/mol. The van der Waals surface area contributed by atoms with Gasteiger partial charge in [0.25, 0.3) is 0 Å². The van der Waals surface area contributed by atoms with Gasteiger partial charge in [-0.2, -0.15) is 0 Å². The zero-order valence-corrected chi connectivity index (χ0v) is 10.3. The van der Waals surface area contributed by atoms with Gasteiger partial charge >= 0.3 is 0 Å². The number of halogens is 2. The van der Waals surface area contributed by atoms with Crippen molar-refractivity contribution >= 4 is 33.2 Å². The van der Waals surface area contributed by atoms with Gasteiger partial charge in [0.1, 0.15) is 0 Å². The van der Waals surface area contributed by atoms with Crippen LogP contribution in [-0.2, 0) is 6.42 Å². The van der Waals surface area contributed by atoms with Crippen LogP contribution < -0.4 is 4.90 Å². The molecule has 14 heavy (non-hydrogen) atoms. The van der Waals surface area contributed by atoms with E-state index >= 15 is 0 Å². The van der Waals surface area contributed by atoms with Gasteiger partial charge in [-0.05, 0) is 30.5 Å². The Morgan fingerprint density at radius 2 is 2.29 bits per heavy atom. The van der Waals surface area contributed by atoms with E-state index in [0.717, 1.165) is 13.1 Å². The van der Waals surface area contributed by atoms with Crippen molar-refractivity contribution in [3.8, 4) is 0 Å². The molecule has 0 atom stereocenters. The summed E-state index contributed by atoms with van der Waals surface area (Å²) < 4.78 is 1.23. The van der Waals surface area contributed by atoms with Gasteiger partial charge in [-0.3, -0.25) is 0 Å². The lowest BCUT2D eigenvalue weighted by atomic mass is 10.0. The molecule has 0 saturated heterocycles. The summed E-state index contributed by atoms with van der Waals surface area (Å²) in [6, 6.07) is 6.39. The van der Waals surface area contributed by atoms with E-state index in [4.69, 9.17) is 11.6 Å². The zero-order valence-electron chi connectivity index (χ0n) is 7.97. The van der Waals surface area contributed by atoms with Crippen LogP contribution in [0.3, 0.4) is 0 Å². The molecule has 0 saturated carbocycles. The fraction of sp³-hybridized carbons (Fsp3) is 0.455. The van der Waals surface area contributed by atoms with Crippen LogP contribution in [-0.4, -0.2) is 19.0 Å². The van der Waals surface area contributed by atoms with Gasteiger partial charge in [0.2, 0.25) is 0 Å². The topological polar surface area (TPSA) is 3.24 Å². The van der Waals surface area contributed by atoms with Crippen LogP contribution in [0.5, 0.6) is 0 Å². The summed E-state index contributed by atoms with van der Waals surface area (Å²) in [6.07, 6.45) is 2.40. The summed E-state index contributed by atoms with van der Waals surface area (Å²) >= 11 is 9.39. The van der Waals surface area contributed by atoms with E-state index in [9.17, 15) is 0 Å². The Morgan fingerprint density at radius 3 is 3.07 bits per heavy atom. The van der Waals surface area contributed by atoms with Gasteiger partial charge in [-0.25, -0.2) is 0 Å². The lowest BCUT2D eigenvalue weighted by molar-refractivity contribution is 0.707. The summed E-state index contributed by atoms with van der Waals surface area (Å²) in [5.41, 5.74) is 2.79. The normalized spacial score (nSPS) is 15.4. The highest BCUT2D eigenvalue weighted by molar-refractivity contribution is 9.10. The third-order valence-corrected chi connectivity index (χ3v) is 3.56. The lowest BCUT2D eigenvalue weighted by Crippen LogP contribution is -2.31. The van der Waals surface area contributed by atoms with Crippen molar-refractivity contribution in [2.75, 3.05) is 23.9 Å². The molecule has 3 heteroatoms. The Balaban J connectivity index is 2.34. The Labute approximate surface area is 98.2 Å². The number of rotatable bonds is 2. The van der Waals surface area contributed by atoms with E-state index in [1.54, 1.807) is 0 Å². The molecular formula is C11H13BrClN. The quantitative estimate of drug-likeness (QED) is 0.747. The summed E-state index contributed by atoms with van der Waals surface area (Å²) in [4.78, 5) is 2.37. The molecule has 1 heterocycles. The van der Waals surface area contributed by atoms with E-state index in [1.165, 1.54) is 28.6 Å². The number of alkyl halides is 1. The highest BCUT2D eigenvalue weighted by atomic mass is 79.9. The highest BCUT2D eigenvalue weighted by Crippen LogP contribution is 2.32. The average Bonchev–Trinajstić information content (AvgIpc) is 2.20. The smallest absolute Gasteiger partial charge is 0.0410 e. The number of nitrogens with zero attached hydrogens (tertiary/aromatic N) is 1. The number of benzene rings is 1. The molecule has 1 nitrogen and oxygen atoms in total. The first-order chi connectivity index (χ1) is 6.83. The lowest BCUT2D eigenvalue weighted by Gasteiger charge is -2.31. The number of hydrogen-bond donors (Lipinski definition) is 0. The second-order valence-corrected chi connectivity index (χ2v) is 4.75. The first-order valence-electron chi connectivity index (χ1n) is 4.91. The third kappa shape index (κ3) is 1.91. The molecule has 1 aromatic rings. The minimum atomic E-state index is 0.700. The fourth-order valence-electron chi connectivity index (χ4n) is 1.99. The maximum absolute atomic E-state index is 5.79. The van der Waals surface area contributed by atoms with Crippen LogP contribution >= 0.6 is 27.5 Å². The van der Waals surface area contributed by atoms with Gasteiger partial charge in [0, 0.05) is 29.1 Å². The highest BCUT2D eigenvalue weighted by Gasteiger charge is 2.17. The molecule has 0 aliphatic carbocycles. The van der Waals surface area contributed by atoms with Crippen molar-refractivity contribution in [3.05, 3.63) is 28.2 Å². The van der Waals surface area contributed by atoms with Gasteiger partial charge in [-0.15, -0.1) is 11.6 Å². The molecule has 1 aliphatic rings. The molecule has 0 bridgehead atoms. The fourth-order valence-corrected chi connectivity index (χ4v) is 2.75. The summed E-state index contributed by atoms with van der Waals surface area (Å²) in [5, 5.41) is 0. The van der Waals surface area contributed by atoms with Gasteiger partial charge in [-0.1, -0.05) is 22.0 Å². The average molecular weight is 275 g/mol. The van der Waals surface area contributed by atoms with E-state index in [1.807, 2.05) is 0 Å². The van der Waals surface area contributed by atoms with Crippen LogP contribution in [0.4, 0.5) is 5.69 Å². The van der Waals surface area contributed by atoms with Crippen LogP contribution in [0.1, 0.15) is 12.0 Å². The molecule has 0 fully saturated rings. The van der Waals surface area contributed by atoms with Crippen LogP contribution in [0.2, 0.25) is 0 Å². The maximum atomic E-state index is 5.79. The largest absolute Gasteiger partial charge is 0.370 e. The Morgan fingerprint density at radius 1 is 1.43 bits per heavy atom. The van der Waals surface area contributed by atoms with Crippen LogP contribution in [0.25, 0.3) is 0 Å². The van der Waals surface area contributed by atoms with Crippen LogP contribution in [0, 0.1) is 0 Å². The molecule has 76 valence electrons. The van der Waals surface area contributed by atoms with E-state index in [-0.39, 0.29) is 0 Å². The van der Waals surface area contributed by atoms with E-state index in [0.29, 0.717) is 5.88 Å². The SMILES string of the molecule is ClCCN1CCCc2c(Br)cccc21. The van der Waals surface area contributed by atoms with Crippen molar-refractivity contribution in [2.24, 2.45) is 0 Å². The van der Waals surface area contributed by atoms with E-state index < -0.39 is 0 Å². The van der Waals surface area contributed by atoms with Gasteiger partial charge in [0.05, 0.1) is 0 Å². The summed E-state index contributed by atoms with van der Waals surface area (Å²) in [5.74, 6) is 0.700. The number of hydrogen-bond acceptors (Lipinski definition) is 1. The Bertz CT molecular complexity index is 327. The third-order valence-electron chi connectivity index (χ3n) is 2.64. The van der Waals surface area contributed by atoms with Gasteiger partial charge in [0.15, 0.2) is 0 Å². The molecule has 0 amide bonds. The maximum Gasteiger partial charge on any atom is 0.0410 e. The molecule has 0 radical (unpaired) electrons. The predicted octanol–water partition coefficient (Wildman–Crippen LogP) is 3.44. The molecule has 2 rings (SSSR count). The molecule has 0 unspecified atom stereocenters. The second-order valence-electron chi connectivity index (χ2n) is 3.52. The monoisotopic (exact) mass is 273 g/mol. The van der Waals surface area contributed by atoms with E-state index in [2.05, 4.69) is 39.0 Å². The van der Waals surface area contributed by atoms with Crippen molar-refractivity contribution in [2.45, 2.75) is 12.8 Å².